The van der Waals surface area contributed by atoms with Crippen LogP contribution in [-0.2, 0) is 11.3 Å². The Morgan fingerprint density at radius 2 is 2.00 bits per heavy atom. The van der Waals surface area contributed by atoms with E-state index in [2.05, 4.69) is 26.5 Å². The van der Waals surface area contributed by atoms with Crippen molar-refractivity contribution in [1.82, 2.24) is 29.7 Å². The Bertz CT molecular complexity index is 1510. The second kappa shape index (κ2) is 10.4. The molecular weight excluding hydrogens is 480 g/mol. The molecule has 1 amide bonds. The predicted molar refractivity (Wildman–Crippen MR) is 145 cm³/mol. The van der Waals surface area contributed by atoms with Crippen molar-refractivity contribution in [2.75, 3.05) is 36.4 Å². The molecule has 0 spiro atoms. The zero-order chi connectivity index (χ0) is 25.9. The summed E-state index contributed by atoms with van der Waals surface area (Å²) in [5.41, 5.74) is 3.42. The molecule has 2 N–H and O–H groups in total. The lowest BCUT2D eigenvalue weighted by Gasteiger charge is -2.35. The molecule has 194 valence electrons. The number of allylic oxidation sites excluding steroid dienone is 4. The highest BCUT2D eigenvalue weighted by Crippen LogP contribution is 2.24. The minimum absolute atomic E-state index is 0.0272. The van der Waals surface area contributed by atoms with E-state index < -0.39 is 0 Å². The van der Waals surface area contributed by atoms with Gasteiger partial charge in [0.15, 0.2) is 11.6 Å². The Kier molecular flexibility index (Phi) is 6.51. The first-order valence-corrected chi connectivity index (χ1v) is 12.9. The van der Waals surface area contributed by atoms with Crippen LogP contribution in [0.1, 0.15) is 34.5 Å². The topological polar surface area (TPSA) is 104 Å². The van der Waals surface area contributed by atoms with Crippen LogP contribution in [0.15, 0.2) is 72.6 Å². The van der Waals surface area contributed by atoms with Gasteiger partial charge < -0.3 is 19.9 Å². The van der Waals surface area contributed by atoms with Gasteiger partial charge in [-0.3, -0.25) is 9.89 Å². The van der Waals surface area contributed by atoms with E-state index in [0.29, 0.717) is 55.9 Å². The molecule has 4 aromatic rings. The largest absolute Gasteiger partial charge is 0.493 e. The minimum Gasteiger partial charge on any atom is -0.493 e. The maximum absolute atomic E-state index is 13.5. The molecule has 1 saturated heterocycles. The average Bonchev–Trinajstić information content (AvgIpc) is 3.61. The zero-order valence-electron chi connectivity index (χ0n) is 21.3. The SMILES string of the molecule is Cc1cc(Nc2nc(N3CCN(C(=O)c4ccccc4COC4=CC=CCC4)CC3)nn3cccc23)n[nH]1. The lowest BCUT2D eigenvalue weighted by Crippen LogP contribution is -2.49. The van der Waals surface area contributed by atoms with Crippen LogP contribution in [0, 0.1) is 6.92 Å². The van der Waals surface area contributed by atoms with Crippen LogP contribution < -0.4 is 10.2 Å². The van der Waals surface area contributed by atoms with Crippen molar-refractivity contribution in [2.24, 2.45) is 0 Å². The highest BCUT2D eigenvalue weighted by Gasteiger charge is 2.26. The summed E-state index contributed by atoms with van der Waals surface area (Å²) < 4.78 is 7.82. The number of nitrogens with one attached hydrogen (secondary N) is 2. The van der Waals surface area contributed by atoms with Crippen molar-refractivity contribution in [2.45, 2.75) is 26.4 Å². The molecule has 1 aromatic carbocycles. The van der Waals surface area contributed by atoms with Crippen molar-refractivity contribution < 1.29 is 9.53 Å². The summed E-state index contributed by atoms with van der Waals surface area (Å²) in [6.07, 6.45) is 9.92. The lowest BCUT2D eigenvalue weighted by molar-refractivity contribution is 0.0741. The quantitative estimate of drug-likeness (QED) is 0.384. The molecule has 1 fully saturated rings. The van der Waals surface area contributed by atoms with Gasteiger partial charge in [-0.2, -0.15) is 10.1 Å². The van der Waals surface area contributed by atoms with E-state index in [4.69, 9.17) is 14.8 Å². The molecule has 0 bridgehead atoms. The molecule has 38 heavy (non-hydrogen) atoms. The molecule has 10 heteroatoms. The van der Waals surface area contributed by atoms with Crippen LogP contribution in [-0.4, -0.2) is 61.8 Å². The van der Waals surface area contributed by atoms with Crippen molar-refractivity contribution in [3.8, 4) is 0 Å². The number of rotatable bonds is 7. The first kappa shape index (κ1) is 23.8. The summed E-state index contributed by atoms with van der Waals surface area (Å²) in [6, 6.07) is 13.5. The molecule has 10 nitrogen and oxygen atoms in total. The van der Waals surface area contributed by atoms with Gasteiger partial charge in [0.05, 0.1) is 5.76 Å². The fraction of sp³-hybridized carbons (Fsp3) is 0.286. The molecule has 0 radical (unpaired) electrons. The average molecular weight is 511 g/mol. The van der Waals surface area contributed by atoms with Crippen LogP contribution in [0.25, 0.3) is 5.52 Å². The Morgan fingerprint density at radius 1 is 1.13 bits per heavy atom. The number of H-pyrrole nitrogens is 1. The van der Waals surface area contributed by atoms with E-state index in [1.807, 2.05) is 77.2 Å². The van der Waals surface area contributed by atoms with Crippen molar-refractivity contribution in [3.63, 3.8) is 0 Å². The summed E-state index contributed by atoms with van der Waals surface area (Å²) in [5.74, 6) is 2.98. The number of ether oxygens (including phenoxy) is 1. The van der Waals surface area contributed by atoms with Gasteiger partial charge in [-0.1, -0.05) is 30.4 Å². The second-order valence-electron chi connectivity index (χ2n) is 9.48. The minimum atomic E-state index is 0.0272. The number of aryl methyl sites for hydroxylation is 1. The van der Waals surface area contributed by atoms with E-state index >= 15 is 0 Å². The molecule has 0 saturated carbocycles. The standard InChI is InChI=1S/C28H30N8O2/c1-20-18-25(32-31-20)29-26-24-12-7-13-36(24)33-28(30-26)35-16-14-34(15-17-35)27(37)23-11-6-5-8-21(23)19-38-22-9-3-2-4-10-22/h2-3,5-9,11-13,18H,4,10,14-17,19H2,1H3,(H2,29,30,31,32,33). The van der Waals surface area contributed by atoms with Crippen LogP contribution in [0.2, 0.25) is 0 Å². The van der Waals surface area contributed by atoms with Crippen LogP contribution in [0.5, 0.6) is 0 Å². The number of nitrogens with zero attached hydrogens (tertiary/aromatic N) is 6. The summed E-state index contributed by atoms with van der Waals surface area (Å²) in [4.78, 5) is 22.3. The van der Waals surface area contributed by atoms with Gasteiger partial charge in [-0.25, -0.2) is 4.52 Å². The third kappa shape index (κ3) is 4.97. The second-order valence-corrected chi connectivity index (χ2v) is 9.48. The lowest BCUT2D eigenvalue weighted by atomic mass is 10.1. The number of carbonyl (C=O) groups excluding carboxylic acids is 1. The van der Waals surface area contributed by atoms with E-state index in [9.17, 15) is 4.79 Å². The Labute approximate surface area is 220 Å². The van der Waals surface area contributed by atoms with E-state index in [1.54, 1.807) is 0 Å². The first-order chi connectivity index (χ1) is 18.6. The number of carbonyl (C=O) groups is 1. The molecule has 4 heterocycles. The summed E-state index contributed by atoms with van der Waals surface area (Å²) in [5, 5.41) is 15.2. The molecular formula is C28H30N8O2. The smallest absolute Gasteiger partial charge is 0.254 e. The third-order valence-electron chi connectivity index (χ3n) is 6.82. The number of anilines is 3. The normalized spacial score (nSPS) is 15.6. The maximum atomic E-state index is 13.5. The Balaban J connectivity index is 1.14. The number of hydrogen-bond donors (Lipinski definition) is 2. The molecule has 6 rings (SSSR count). The summed E-state index contributed by atoms with van der Waals surface area (Å²) >= 11 is 0. The highest BCUT2D eigenvalue weighted by molar-refractivity contribution is 5.95. The van der Waals surface area contributed by atoms with Gasteiger partial charge in [0.25, 0.3) is 5.91 Å². The number of fused-ring (bicyclic) bond motifs is 1. The summed E-state index contributed by atoms with van der Waals surface area (Å²) in [6.45, 7) is 4.78. The number of aromatic amines is 1. The van der Waals surface area contributed by atoms with Gasteiger partial charge in [-0.05, 0) is 37.6 Å². The van der Waals surface area contributed by atoms with Gasteiger partial charge in [0.1, 0.15) is 12.1 Å². The van der Waals surface area contributed by atoms with Gasteiger partial charge in [0.2, 0.25) is 5.95 Å². The van der Waals surface area contributed by atoms with Crippen molar-refractivity contribution in [3.05, 3.63) is 89.5 Å². The van der Waals surface area contributed by atoms with Gasteiger partial charge in [0, 0.05) is 61.7 Å². The zero-order valence-corrected chi connectivity index (χ0v) is 21.3. The monoisotopic (exact) mass is 510 g/mol. The molecule has 0 unspecified atom stereocenters. The van der Waals surface area contributed by atoms with Crippen LogP contribution in [0.4, 0.5) is 17.6 Å². The number of benzene rings is 1. The van der Waals surface area contributed by atoms with Crippen molar-refractivity contribution >= 4 is 29.0 Å². The molecule has 1 aliphatic carbocycles. The molecule has 3 aromatic heterocycles. The first-order valence-electron chi connectivity index (χ1n) is 12.9. The predicted octanol–water partition coefficient (Wildman–Crippen LogP) is 4.22. The fourth-order valence-electron chi connectivity index (χ4n) is 4.76. The van der Waals surface area contributed by atoms with Crippen molar-refractivity contribution in [1.29, 1.82) is 0 Å². The van der Waals surface area contributed by atoms with E-state index in [-0.39, 0.29) is 5.91 Å². The number of hydrogen-bond acceptors (Lipinski definition) is 7. The van der Waals surface area contributed by atoms with Gasteiger partial charge >= 0.3 is 0 Å². The summed E-state index contributed by atoms with van der Waals surface area (Å²) in [7, 11) is 0. The number of piperazine rings is 1. The molecule has 1 aliphatic heterocycles. The fourth-order valence-corrected chi connectivity index (χ4v) is 4.76. The third-order valence-corrected chi connectivity index (χ3v) is 6.82. The Morgan fingerprint density at radius 3 is 2.79 bits per heavy atom. The number of amides is 1. The van der Waals surface area contributed by atoms with E-state index in [0.717, 1.165) is 35.4 Å². The molecule has 0 atom stereocenters. The van der Waals surface area contributed by atoms with Gasteiger partial charge in [-0.15, -0.1) is 5.10 Å². The highest BCUT2D eigenvalue weighted by atomic mass is 16.5. The Hall–Kier alpha value is -4.60. The van der Waals surface area contributed by atoms with Crippen LogP contribution >= 0.6 is 0 Å². The van der Waals surface area contributed by atoms with E-state index in [1.165, 1.54) is 0 Å². The molecule has 2 aliphatic rings. The number of aromatic nitrogens is 5. The van der Waals surface area contributed by atoms with Crippen LogP contribution in [0.3, 0.4) is 0 Å². The maximum Gasteiger partial charge on any atom is 0.254 e.